The topological polar surface area (TPSA) is 49.3 Å². The lowest BCUT2D eigenvalue weighted by molar-refractivity contribution is -0.110. The molecule has 2 N–H and O–H groups in total. The molecule has 0 aliphatic rings. The molecule has 0 atom stereocenters. The number of carbonyl (C=O) groups excluding carboxylic acids is 1. The zero-order valence-electron chi connectivity index (χ0n) is 16.5. The van der Waals surface area contributed by atoms with Crippen molar-refractivity contribution in [2.75, 3.05) is 5.32 Å². The lowest BCUT2D eigenvalue weighted by Gasteiger charge is -2.28. The predicted octanol–water partition coefficient (Wildman–Crippen LogP) is 5.73. The minimum Gasteiger partial charge on any atom is -0.507 e. The smallest absolute Gasteiger partial charge is 0.190 e. The summed E-state index contributed by atoms with van der Waals surface area (Å²) in [6, 6.07) is 11.8. The summed E-state index contributed by atoms with van der Waals surface area (Å²) in [7, 11) is 0. The van der Waals surface area contributed by atoms with Crippen LogP contribution >= 0.6 is 12.6 Å². The molecule has 0 aliphatic carbocycles. The van der Waals surface area contributed by atoms with Gasteiger partial charge in [0.05, 0.1) is 0 Å². The van der Waals surface area contributed by atoms with E-state index in [0.29, 0.717) is 12.2 Å². The van der Waals surface area contributed by atoms with Gasteiger partial charge in [0.1, 0.15) is 5.75 Å². The summed E-state index contributed by atoms with van der Waals surface area (Å²) < 4.78 is 0. The standard InChI is InChI=1S/C22H29NO2S/c1-21(2,3)17-12-16(13-18(20(17)25)22(4,5)6)23-15-9-7-14(8-10-15)11-19(24)26/h7-10,12-13,23,25H,11H2,1-6H3,(H,24,26). The summed E-state index contributed by atoms with van der Waals surface area (Å²) in [6.45, 7) is 12.6. The molecule has 2 aromatic carbocycles. The van der Waals surface area contributed by atoms with Gasteiger partial charge in [-0.2, -0.15) is 0 Å². The first-order valence-corrected chi connectivity index (χ1v) is 9.28. The molecular formula is C22H29NO2S. The van der Waals surface area contributed by atoms with Gasteiger partial charge in [0.15, 0.2) is 5.12 Å². The molecule has 0 aliphatic heterocycles. The van der Waals surface area contributed by atoms with E-state index in [4.69, 9.17) is 0 Å². The van der Waals surface area contributed by atoms with E-state index in [1.165, 1.54) is 0 Å². The van der Waals surface area contributed by atoms with Crippen molar-refractivity contribution in [2.45, 2.75) is 58.8 Å². The van der Waals surface area contributed by atoms with Crippen LogP contribution in [0.3, 0.4) is 0 Å². The van der Waals surface area contributed by atoms with Crippen LogP contribution in [0.5, 0.6) is 5.75 Å². The maximum atomic E-state index is 11.1. The van der Waals surface area contributed by atoms with Crippen molar-refractivity contribution in [3.8, 4) is 5.75 Å². The molecule has 26 heavy (non-hydrogen) atoms. The van der Waals surface area contributed by atoms with E-state index >= 15 is 0 Å². The molecule has 3 nitrogen and oxygen atoms in total. The van der Waals surface area contributed by atoms with Crippen molar-refractivity contribution in [1.29, 1.82) is 0 Å². The summed E-state index contributed by atoms with van der Waals surface area (Å²) >= 11 is 3.82. The van der Waals surface area contributed by atoms with Crippen LogP contribution in [0.4, 0.5) is 11.4 Å². The summed E-state index contributed by atoms with van der Waals surface area (Å²) in [5, 5.41) is 14.1. The monoisotopic (exact) mass is 371 g/mol. The number of benzene rings is 2. The fourth-order valence-electron chi connectivity index (χ4n) is 2.90. The Morgan fingerprint density at radius 2 is 1.38 bits per heavy atom. The Morgan fingerprint density at radius 3 is 1.77 bits per heavy atom. The van der Waals surface area contributed by atoms with Crippen LogP contribution in [-0.2, 0) is 22.0 Å². The lowest BCUT2D eigenvalue weighted by Crippen LogP contribution is -2.17. The van der Waals surface area contributed by atoms with Gasteiger partial charge < -0.3 is 10.4 Å². The number of thiol groups is 1. The maximum absolute atomic E-state index is 11.1. The molecular weight excluding hydrogens is 342 g/mol. The van der Waals surface area contributed by atoms with Crippen molar-refractivity contribution >= 4 is 29.1 Å². The quantitative estimate of drug-likeness (QED) is 0.475. The Labute approximate surface area is 162 Å². The number of rotatable bonds is 4. The molecule has 0 heterocycles. The second-order valence-corrected chi connectivity index (χ2v) is 9.31. The van der Waals surface area contributed by atoms with E-state index in [-0.39, 0.29) is 15.9 Å². The van der Waals surface area contributed by atoms with Crippen LogP contribution in [0.1, 0.15) is 58.2 Å². The Kier molecular flexibility index (Phi) is 5.76. The van der Waals surface area contributed by atoms with E-state index in [1.54, 1.807) is 0 Å². The normalized spacial score (nSPS) is 12.1. The van der Waals surface area contributed by atoms with E-state index in [9.17, 15) is 9.90 Å². The molecule has 0 unspecified atom stereocenters. The minimum absolute atomic E-state index is 0.145. The van der Waals surface area contributed by atoms with E-state index in [2.05, 4.69) is 59.5 Å². The molecule has 2 aromatic rings. The zero-order chi connectivity index (χ0) is 19.7. The zero-order valence-corrected chi connectivity index (χ0v) is 17.4. The van der Waals surface area contributed by atoms with E-state index in [0.717, 1.165) is 28.1 Å². The highest BCUT2D eigenvalue weighted by molar-refractivity contribution is 7.96. The van der Waals surface area contributed by atoms with Gasteiger partial charge in [0.2, 0.25) is 0 Å². The fourth-order valence-corrected chi connectivity index (χ4v) is 3.08. The third-order valence-electron chi connectivity index (χ3n) is 4.32. The minimum atomic E-state index is -0.168. The largest absolute Gasteiger partial charge is 0.507 e. The van der Waals surface area contributed by atoms with Crippen molar-refractivity contribution in [1.82, 2.24) is 0 Å². The molecule has 0 saturated carbocycles. The van der Waals surface area contributed by atoms with Crippen molar-refractivity contribution in [3.63, 3.8) is 0 Å². The van der Waals surface area contributed by atoms with Gasteiger partial charge in [0, 0.05) is 28.9 Å². The highest BCUT2D eigenvalue weighted by atomic mass is 32.1. The molecule has 2 rings (SSSR count). The number of nitrogens with one attached hydrogen (secondary N) is 1. The second kappa shape index (κ2) is 7.36. The Balaban J connectivity index is 2.41. The number of phenols is 1. The highest BCUT2D eigenvalue weighted by Crippen LogP contribution is 2.41. The molecule has 0 saturated heterocycles. The predicted molar refractivity (Wildman–Crippen MR) is 113 cm³/mol. The van der Waals surface area contributed by atoms with E-state index < -0.39 is 0 Å². The van der Waals surface area contributed by atoms with Gasteiger partial charge in [-0.1, -0.05) is 53.7 Å². The van der Waals surface area contributed by atoms with Crippen LogP contribution in [0, 0.1) is 0 Å². The highest BCUT2D eigenvalue weighted by Gasteiger charge is 2.26. The van der Waals surface area contributed by atoms with Crippen LogP contribution in [-0.4, -0.2) is 10.2 Å². The first-order chi connectivity index (χ1) is 11.9. The van der Waals surface area contributed by atoms with Gasteiger partial charge in [-0.05, 0) is 40.7 Å². The lowest BCUT2D eigenvalue weighted by atomic mass is 9.79. The van der Waals surface area contributed by atoms with Crippen molar-refractivity contribution in [3.05, 3.63) is 53.1 Å². The molecule has 0 aromatic heterocycles. The van der Waals surface area contributed by atoms with Crippen LogP contribution in [0.15, 0.2) is 36.4 Å². The number of hydrogen-bond acceptors (Lipinski definition) is 3. The molecule has 4 heteroatoms. The SMILES string of the molecule is CC(C)(C)c1cc(Nc2ccc(CC(=O)S)cc2)cc(C(C)(C)C)c1O. The Bertz CT molecular complexity index is 761. The number of hydrogen-bond donors (Lipinski definition) is 3. The van der Waals surface area contributed by atoms with Crippen molar-refractivity contribution < 1.29 is 9.90 Å². The molecule has 0 amide bonds. The molecule has 0 radical (unpaired) electrons. The summed E-state index contributed by atoms with van der Waals surface area (Å²) in [5.41, 5.74) is 4.32. The number of anilines is 2. The molecule has 0 spiro atoms. The first-order valence-electron chi connectivity index (χ1n) is 8.83. The molecule has 140 valence electrons. The molecule has 0 bridgehead atoms. The van der Waals surface area contributed by atoms with Crippen molar-refractivity contribution in [2.24, 2.45) is 0 Å². The van der Waals surface area contributed by atoms with Gasteiger partial charge >= 0.3 is 0 Å². The summed E-state index contributed by atoms with van der Waals surface area (Å²) in [6.07, 6.45) is 0.324. The van der Waals surface area contributed by atoms with Gasteiger partial charge in [-0.25, -0.2) is 0 Å². The fraction of sp³-hybridized carbons (Fsp3) is 0.409. The summed E-state index contributed by atoms with van der Waals surface area (Å²) in [4.78, 5) is 11.1. The Hall–Kier alpha value is -1.94. The Morgan fingerprint density at radius 1 is 0.923 bits per heavy atom. The second-order valence-electron chi connectivity index (χ2n) is 8.81. The number of phenolic OH excluding ortho intramolecular Hbond substituents is 1. The third kappa shape index (κ3) is 5.04. The molecule has 0 fully saturated rings. The van der Waals surface area contributed by atoms with Crippen LogP contribution in [0.25, 0.3) is 0 Å². The maximum Gasteiger partial charge on any atom is 0.190 e. The first kappa shape index (κ1) is 20.4. The average Bonchev–Trinajstić information content (AvgIpc) is 2.48. The van der Waals surface area contributed by atoms with Gasteiger partial charge in [-0.3, -0.25) is 4.79 Å². The average molecular weight is 372 g/mol. The van der Waals surface area contributed by atoms with Crippen LogP contribution < -0.4 is 5.32 Å². The number of aromatic hydroxyl groups is 1. The van der Waals surface area contributed by atoms with Gasteiger partial charge in [-0.15, -0.1) is 12.6 Å². The summed E-state index contributed by atoms with van der Waals surface area (Å²) in [5.74, 6) is 0.373. The van der Waals surface area contributed by atoms with Crippen LogP contribution in [0.2, 0.25) is 0 Å². The third-order valence-corrected chi connectivity index (χ3v) is 4.48. The number of carbonyl (C=O) groups is 1. The van der Waals surface area contributed by atoms with E-state index in [1.807, 2.05) is 36.4 Å². The van der Waals surface area contributed by atoms with Gasteiger partial charge in [0.25, 0.3) is 0 Å².